The monoisotopic (exact) mass is 863 g/mol. The average molecular weight is 864 g/mol. The normalized spacial score (nSPS) is 42.8. The molecule has 20 atom stereocenters. The van der Waals surface area contributed by atoms with Crippen LogP contribution < -0.4 is 0 Å². The maximum atomic E-state index is 13.9. The molecule has 4 aliphatic rings. The number of amides is 1. The van der Waals surface area contributed by atoms with E-state index in [2.05, 4.69) is 0 Å². The van der Waals surface area contributed by atoms with Gasteiger partial charge in [0.15, 0.2) is 30.9 Å². The van der Waals surface area contributed by atoms with Crippen molar-refractivity contribution in [3.05, 3.63) is 0 Å². The number of methoxy groups -OCH3 is 2. The predicted molar refractivity (Wildman–Crippen MR) is 181 cm³/mol. The van der Waals surface area contributed by atoms with Crippen LogP contribution in [-0.4, -0.2) is 259 Å². The number of carbonyl (C=O) groups excluding carboxylic acids is 1. The minimum absolute atomic E-state index is 0.380. The molecule has 4 fully saturated rings. The molecular formula is C33H53NO25. The zero-order valence-electron chi connectivity index (χ0n) is 31.7. The molecule has 340 valence electrons. The molecule has 3 saturated heterocycles. The Kier molecular flexibility index (Phi) is 17.6. The van der Waals surface area contributed by atoms with Crippen molar-refractivity contribution in [3.8, 4) is 0 Å². The maximum absolute atomic E-state index is 13.9. The molecule has 0 aromatic rings. The van der Waals surface area contributed by atoms with Gasteiger partial charge in [-0.15, -0.1) is 0 Å². The quantitative estimate of drug-likeness (QED) is 0.0608. The van der Waals surface area contributed by atoms with E-state index in [1.54, 1.807) is 0 Å². The van der Waals surface area contributed by atoms with Crippen molar-refractivity contribution in [1.82, 2.24) is 4.90 Å². The Labute approximate surface area is 334 Å². The minimum Gasteiger partial charge on any atom is -0.479 e. The lowest BCUT2D eigenvalue weighted by atomic mass is 9.79. The lowest BCUT2D eigenvalue weighted by Gasteiger charge is -2.48. The van der Waals surface area contributed by atoms with Crippen LogP contribution in [0.1, 0.15) is 6.42 Å². The second-order valence-corrected chi connectivity index (χ2v) is 14.4. The highest BCUT2D eigenvalue weighted by atomic mass is 16.7. The summed E-state index contributed by atoms with van der Waals surface area (Å²) in [6.45, 7) is -3.37. The Morgan fingerprint density at radius 2 is 1.10 bits per heavy atom. The third-order valence-corrected chi connectivity index (χ3v) is 10.7. The molecule has 0 spiro atoms. The summed E-state index contributed by atoms with van der Waals surface area (Å²) in [7, 11) is 2.14. The fourth-order valence-corrected chi connectivity index (χ4v) is 7.59. The van der Waals surface area contributed by atoms with Crippen LogP contribution in [0.15, 0.2) is 0 Å². The first-order valence-electron chi connectivity index (χ1n) is 18.4. The standard InChI is InChI=1S/C33H53NO25/c1-52-24-19(42)21(44)33(59-26(24)30(48)49)57-22-10(28(45)34(3-5-35)4-6-36)7-12(15(38)17(22)40)55-25-18(41)16(39)13(56-27(25)31(50)51)9-54-8-11-14(37)20(43)32(53-2)58-23(11)29(46)47/h10-27,32-33,35-44H,3-9H2,1-2H3,(H,46,47)(H,48,49)(H,50,51)/t10?,11-,12+,13+,14+,15?,16?,17-,18-,19-,20?,21?,22+,23?,24-,25-,26?,27?,32-,33+/m0/s1. The second kappa shape index (κ2) is 21.3. The van der Waals surface area contributed by atoms with Crippen LogP contribution in [0.3, 0.4) is 0 Å². The number of aliphatic hydroxyl groups excluding tert-OH is 10. The van der Waals surface area contributed by atoms with Gasteiger partial charge in [0.1, 0.15) is 67.1 Å². The molecule has 26 heteroatoms. The van der Waals surface area contributed by atoms with E-state index in [0.29, 0.717) is 0 Å². The van der Waals surface area contributed by atoms with Crippen LogP contribution >= 0.6 is 0 Å². The van der Waals surface area contributed by atoms with E-state index in [-0.39, 0.29) is 13.1 Å². The highest BCUT2D eigenvalue weighted by molar-refractivity contribution is 5.80. The molecule has 1 aliphatic carbocycles. The van der Waals surface area contributed by atoms with Crippen molar-refractivity contribution in [2.45, 2.75) is 117 Å². The number of nitrogens with zero attached hydrogens (tertiary/aromatic N) is 1. The van der Waals surface area contributed by atoms with Gasteiger partial charge >= 0.3 is 17.9 Å². The molecule has 0 aromatic carbocycles. The largest absolute Gasteiger partial charge is 0.479 e. The lowest BCUT2D eigenvalue weighted by molar-refractivity contribution is -0.328. The van der Waals surface area contributed by atoms with Gasteiger partial charge in [-0.3, -0.25) is 4.79 Å². The maximum Gasteiger partial charge on any atom is 0.335 e. The first-order valence-corrected chi connectivity index (χ1v) is 18.4. The van der Waals surface area contributed by atoms with Crippen molar-refractivity contribution in [2.24, 2.45) is 11.8 Å². The van der Waals surface area contributed by atoms with Crippen LogP contribution in [0.4, 0.5) is 0 Å². The summed E-state index contributed by atoms with van der Waals surface area (Å²) in [6.07, 6.45) is -35.0. The zero-order valence-corrected chi connectivity index (χ0v) is 31.7. The number of aliphatic carboxylic acids is 3. The highest BCUT2D eigenvalue weighted by Gasteiger charge is 2.57. The number of ether oxygens (including phenoxy) is 8. The van der Waals surface area contributed by atoms with Gasteiger partial charge in [-0.05, 0) is 6.42 Å². The summed E-state index contributed by atoms with van der Waals surface area (Å²) < 4.78 is 42.7. The van der Waals surface area contributed by atoms with E-state index >= 15 is 0 Å². The smallest absolute Gasteiger partial charge is 0.335 e. The van der Waals surface area contributed by atoms with Gasteiger partial charge in [0, 0.05) is 33.2 Å². The molecule has 1 saturated carbocycles. The SMILES string of the molecule is CO[C@H]1OC(C(=O)O)[C@@H](COC[C@H]2OC(C(=O)O)[C@@H](O[C@@H]3CC(C(=O)N(CCO)CCO)[C@@H](O[C@@H]4OC(C(=O)O)[C@@H](OC)[C@@H](O)C4O)[C@@H](O)C3O)[C@@H](O)C2O)[C@@H](O)C1O. The van der Waals surface area contributed by atoms with Crippen LogP contribution in [0.2, 0.25) is 0 Å². The zero-order chi connectivity index (χ0) is 44.0. The van der Waals surface area contributed by atoms with Gasteiger partial charge in [-0.2, -0.15) is 0 Å². The van der Waals surface area contributed by atoms with E-state index in [0.717, 1.165) is 19.1 Å². The summed E-state index contributed by atoms with van der Waals surface area (Å²) >= 11 is 0. The predicted octanol–water partition coefficient (Wildman–Crippen LogP) is -8.39. The van der Waals surface area contributed by atoms with Gasteiger partial charge in [0.05, 0.1) is 44.6 Å². The van der Waals surface area contributed by atoms with Crippen LogP contribution in [0.25, 0.3) is 0 Å². The number of aliphatic hydroxyl groups is 10. The Balaban J connectivity index is 1.54. The molecule has 1 amide bonds. The average Bonchev–Trinajstić information content (AvgIpc) is 3.19. The summed E-state index contributed by atoms with van der Waals surface area (Å²) in [5.74, 6) is -9.03. The molecule has 4 rings (SSSR count). The molecule has 0 aromatic heterocycles. The Morgan fingerprint density at radius 1 is 0.576 bits per heavy atom. The molecule has 0 bridgehead atoms. The summed E-state index contributed by atoms with van der Waals surface area (Å²) in [4.78, 5) is 51.0. The number of carboxylic acid groups (broad SMARTS) is 3. The number of hydrogen-bond acceptors (Lipinski definition) is 22. The molecule has 3 aliphatic heterocycles. The van der Waals surface area contributed by atoms with Crippen LogP contribution in [0.5, 0.6) is 0 Å². The van der Waals surface area contributed by atoms with Crippen molar-refractivity contribution in [1.29, 1.82) is 0 Å². The summed E-state index contributed by atoms with van der Waals surface area (Å²) in [5.41, 5.74) is 0. The number of hydrogen-bond donors (Lipinski definition) is 13. The van der Waals surface area contributed by atoms with E-state index < -0.39 is 179 Å². The Hall–Kier alpha value is -2.84. The molecule has 8 unspecified atom stereocenters. The second-order valence-electron chi connectivity index (χ2n) is 14.4. The first-order chi connectivity index (χ1) is 27.8. The van der Waals surface area contributed by atoms with Crippen LogP contribution in [0, 0.1) is 11.8 Å². The number of rotatable bonds is 18. The van der Waals surface area contributed by atoms with Gasteiger partial charge in [-0.1, -0.05) is 0 Å². The molecular weight excluding hydrogens is 810 g/mol. The first kappa shape index (κ1) is 48.8. The molecule has 59 heavy (non-hydrogen) atoms. The Bertz CT molecular complexity index is 1400. The number of carboxylic acids is 3. The minimum atomic E-state index is -2.22. The topological polar surface area (TPSA) is 408 Å². The summed E-state index contributed by atoms with van der Waals surface area (Å²) in [6, 6.07) is 0. The van der Waals surface area contributed by atoms with E-state index in [9.17, 15) is 85.6 Å². The molecule has 26 nitrogen and oxygen atoms in total. The lowest BCUT2D eigenvalue weighted by Crippen LogP contribution is -2.66. The van der Waals surface area contributed by atoms with Crippen molar-refractivity contribution in [2.75, 3.05) is 53.7 Å². The molecule has 0 radical (unpaired) electrons. The van der Waals surface area contributed by atoms with Gasteiger partial charge < -0.3 is 109 Å². The fraction of sp³-hybridized carbons (Fsp3) is 0.879. The molecule has 13 N–H and O–H groups in total. The van der Waals surface area contributed by atoms with Crippen molar-refractivity contribution in [3.63, 3.8) is 0 Å². The van der Waals surface area contributed by atoms with Gasteiger partial charge in [0.2, 0.25) is 5.91 Å². The van der Waals surface area contributed by atoms with E-state index in [4.69, 9.17) is 37.9 Å². The van der Waals surface area contributed by atoms with Gasteiger partial charge in [-0.25, -0.2) is 14.4 Å². The third kappa shape index (κ3) is 10.6. The van der Waals surface area contributed by atoms with Crippen molar-refractivity contribution < 1.29 is 123 Å². The third-order valence-electron chi connectivity index (χ3n) is 10.7. The van der Waals surface area contributed by atoms with Gasteiger partial charge in [0.25, 0.3) is 0 Å². The van der Waals surface area contributed by atoms with E-state index in [1.165, 1.54) is 0 Å². The fourth-order valence-electron chi connectivity index (χ4n) is 7.59. The summed E-state index contributed by atoms with van der Waals surface area (Å²) in [5, 5.41) is 135. The van der Waals surface area contributed by atoms with E-state index in [1.807, 2.05) is 0 Å². The number of carbonyl (C=O) groups is 4. The van der Waals surface area contributed by atoms with Crippen molar-refractivity contribution >= 4 is 23.8 Å². The van der Waals surface area contributed by atoms with Crippen LogP contribution in [-0.2, 0) is 57.1 Å². The molecule has 3 heterocycles. The highest BCUT2D eigenvalue weighted by Crippen LogP contribution is 2.37. The Morgan fingerprint density at radius 3 is 1.64 bits per heavy atom.